The van der Waals surface area contributed by atoms with Crippen LogP contribution in [0.15, 0.2) is 18.3 Å². The molecule has 0 radical (unpaired) electrons. The first kappa shape index (κ1) is 12.3. The third kappa shape index (κ3) is 2.85. The van der Waals surface area contributed by atoms with Gasteiger partial charge < -0.3 is 16.0 Å². The Morgan fingerprint density at radius 3 is 2.44 bits per heavy atom. The monoisotopic (exact) mass is 223 g/mol. The molecule has 1 atom stereocenters. The standard InChI is InChI=1S/C11H17N3O2/c1-11(2,3)8(9(12)15)14-10(16)7-5-4-6-13-7/h4-6,8,13H,1-3H3,(H2,12,15)(H,14,16)/t8-/m1/s1. The Kier molecular flexibility index (Phi) is 3.37. The smallest absolute Gasteiger partial charge is 0.268 e. The van der Waals surface area contributed by atoms with E-state index in [2.05, 4.69) is 10.3 Å². The lowest BCUT2D eigenvalue weighted by Crippen LogP contribution is -2.52. The highest BCUT2D eigenvalue weighted by Gasteiger charge is 2.31. The molecule has 0 aliphatic carbocycles. The molecule has 16 heavy (non-hydrogen) atoms. The van der Waals surface area contributed by atoms with Crippen LogP contribution in [0, 0.1) is 5.41 Å². The highest BCUT2D eigenvalue weighted by molar-refractivity contribution is 5.96. The molecule has 0 spiro atoms. The van der Waals surface area contributed by atoms with Gasteiger partial charge in [-0.3, -0.25) is 9.59 Å². The van der Waals surface area contributed by atoms with E-state index in [1.807, 2.05) is 20.8 Å². The number of hydrogen-bond donors (Lipinski definition) is 3. The van der Waals surface area contributed by atoms with Gasteiger partial charge in [0.15, 0.2) is 0 Å². The first-order valence-electron chi connectivity index (χ1n) is 5.06. The number of carbonyl (C=O) groups excluding carboxylic acids is 2. The lowest BCUT2D eigenvalue weighted by Gasteiger charge is -2.28. The van der Waals surface area contributed by atoms with Crippen molar-refractivity contribution in [2.45, 2.75) is 26.8 Å². The van der Waals surface area contributed by atoms with Crippen LogP contribution in [0.2, 0.25) is 0 Å². The quantitative estimate of drug-likeness (QED) is 0.702. The van der Waals surface area contributed by atoms with Crippen molar-refractivity contribution in [1.82, 2.24) is 10.3 Å². The summed E-state index contributed by atoms with van der Waals surface area (Å²) in [5.74, 6) is -0.865. The van der Waals surface area contributed by atoms with Crippen LogP contribution in [0.5, 0.6) is 0 Å². The Morgan fingerprint density at radius 2 is 2.06 bits per heavy atom. The zero-order valence-corrected chi connectivity index (χ0v) is 9.70. The highest BCUT2D eigenvalue weighted by Crippen LogP contribution is 2.19. The van der Waals surface area contributed by atoms with Gasteiger partial charge in [-0.1, -0.05) is 20.8 Å². The van der Waals surface area contributed by atoms with Crippen molar-refractivity contribution < 1.29 is 9.59 Å². The fourth-order valence-electron chi connectivity index (χ4n) is 1.39. The largest absolute Gasteiger partial charge is 0.368 e. The van der Waals surface area contributed by atoms with Crippen LogP contribution >= 0.6 is 0 Å². The van der Waals surface area contributed by atoms with Gasteiger partial charge in [0.1, 0.15) is 11.7 Å². The van der Waals surface area contributed by atoms with E-state index in [1.165, 1.54) is 0 Å². The van der Waals surface area contributed by atoms with Crippen LogP contribution in [0.1, 0.15) is 31.3 Å². The van der Waals surface area contributed by atoms with E-state index in [-0.39, 0.29) is 5.91 Å². The SMILES string of the molecule is CC(C)(C)[C@H](NC(=O)c1ccc[nH]1)C(N)=O. The Balaban J connectivity index is 2.78. The molecule has 88 valence electrons. The molecular weight excluding hydrogens is 206 g/mol. The normalized spacial score (nSPS) is 13.2. The number of H-pyrrole nitrogens is 1. The molecule has 1 heterocycles. The molecule has 0 fully saturated rings. The van der Waals surface area contributed by atoms with Crippen LogP contribution in [0.4, 0.5) is 0 Å². The summed E-state index contributed by atoms with van der Waals surface area (Å²) in [4.78, 5) is 25.7. The molecule has 1 aromatic rings. The van der Waals surface area contributed by atoms with Crippen LogP contribution in [0.25, 0.3) is 0 Å². The summed E-state index contributed by atoms with van der Waals surface area (Å²) in [6.45, 7) is 5.53. The number of carbonyl (C=O) groups is 2. The number of nitrogens with one attached hydrogen (secondary N) is 2. The second-order valence-electron chi connectivity index (χ2n) is 4.76. The fraction of sp³-hybridized carbons (Fsp3) is 0.455. The number of amides is 2. The van der Waals surface area contributed by atoms with Gasteiger partial charge in [-0.05, 0) is 17.5 Å². The summed E-state index contributed by atoms with van der Waals surface area (Å²) in [6, 6.07) is 2.66. The molecule has 0 saturated carbocycles. The van der Waals surface area contributed by atoms with E-state index in [4.69, 9.17) is 5.73 Å². The molecule has 0 aromatic carbocycles. The van der Waals surface area contributed by atoms with Crippen molar-refractivity contribution in [2.75, 3.05) is 0 Å². The molecule has 2 amide bonds. The van der Waals surface area contributed by atoms with Crippen molar-refractivity contribution in [3.05, 3.63) is 24.0 Å². The highest BCUT2D eigenvalue weighted by atomic mass is 16.2. The number of rotatable bonds is 3. The third-order valence-electron chi connectivity index (χ3n) is 2.27. The van der Waals surface area contributed by atoms with Gasteiger partial charge in [0.25, 0.3) is 5.91 Å². The van der Waals surface area contributed by atoms with Crippen LogP contribution in [-0.2, 0) is 4.79 Å². The molecule has 5 nitrogen and oxygen atoms in total. The molecule has 0 saturated heterocycles. The van der Waals surface area contributed by atoms with Crippen LogP contribution in [-0.4, -0.2) is 22.8 Å². The molecule has 0 bridgehead atoms. The molecule has 0 aliphatic rings. The summed E-state index contributed by atoms with van der Waals surface area (Å²) in [5.41, 5.74) is 5.26. The Morgan fingerprint density at radius 1 is 1.44 bits per heavy atom. The molecule has 1 rings (SSSR count). The maximum atomic E-state index is 11.7. The maximum Gasteiger partial charge on any atom is 0.268 e. The average molecular weight is 223 g/mol. The zero-order valence-electron chi connectivity index (χ0n) is 9.70. The molecular formula is C11H17N3O2. The number of primary amides is 1. The number of aromatic amines is 1. The number of aromatic nitrogens is 1. The second kappa shape index (κ2) is 4.38. The van der Waals surface area contributed by atoms with Crippen molar-refractivity contribution in [2.24, 2.45) is 11.1 Å². The predicted molar refractivity (Wildman–Crippen MR) is 60.7 cm³/mol. The van der Waals surface area contributed by atoms with E-state index in [0.29, 0.717) is 5.69 Å². The van der Waals surface area contributed by atoms with Gasteiger partial charge in [0.2, 0.25) is 5.91 Å². The maximum absolute atomic E-state index is 11.7. The van der Waals surface area contributed by atoms with Gasteiger partial charge in [0.05, 0.1) is 0 Å². The molecule has 5 heteroatoms. The second-order valence-corrected chi connectivity index (χ2v) is 4.76. The molecule has 0 unspecified atom stereocenters. The van der Waals surface area contributed by atoms with Crippen molar-refractivity contribution in [3.63, 3.8) is 0 Å². The van der Waals surface area contributed by atoms with Crippen molar-refractivity contribution in [3.8, 4) is 0 Å². The average Bonchev–Trinajstić information content (AvgIpc) is 2.63. The van der Waals surface area contributed by atoms with E-state index in [9.17, 15) is 9.59 Å². The predicted octanol–water partition coefficient (Wildman–Crippen LogP) is 0.645. The van der Waals surface area contributed by atoms with Crippen molar-refractivity contribution in [1.29, 1.82) is 0 Å². The Labute approximate surface area is 94.4 Å². The first-order valence-corrected chi connectivity index (χ1v) is 5.06. The number of hydrogen-bond acceptors (Lipinski definition) is 2. The van der Waals surface area contributed by atoms with Gasteiger partial charge in [-0.25, -0.2) is 0 Å². The summed E-state index contributed by atoms with van der Waals surface area (Å²) >= 11 is 0. The topological polar surface area (TPSA) is 88.0 Å². The van der Waals surface area contributed by atoms with Crippen molar-refractivity contribution >= 4 is 11.8 Å². The Hall–Kier alpha value is -1.78. The van der Waals surface area contributed by atoms with E-state index in [0.717, 1.165) is 0 Å². The Bertz CT molecular complexity index is 376. The third-order valence-corrected chi connectivity index (χ3v) is 2.27. The first-order chi connectivity index (χ1) is 7.32. The van der Waals surface area contributed by atoms with E-state index in [1.54, 1.807) is 18.3 Å². The minimum absolute atomic E-state index is 0.330. The van der Waals surface area contributed by atoms with Gasteiger partial charge in [0, 0.05) is 6.20 Å². The summed E-state index contributed by atoms with van der Waals surface area (Å²) < 4.78 is 0. The molecule has 0 aliphatic heterocycles. The van der Waals surface area contributed by atoms with Crippen LogP contribution in [0.3, 0.4) is 0 Å². The summed E-state index contributed by atoms with van der Waals surface area (Å²) in [5, 5.41) is 2.61. The molecule has 4 N–H and O–H groups in total. The van der Waals surface area contributed by atoms with Crippen LogP contribution < -0.4 is 11.1 Å². The van der Waals surface area contributed by atoms with E-state index < -0.39 is 17.4 Å². The lowest BCUT2D eigenvalue weighted by atomic mass is 9.86. The summed E-state index contributed by atoms with van der Waals surface area (Å²) in [6.07, 6.45) is 1.64. The zero-order chi connectivity index (χ0) is 12.3. The fourth-order valence-corrected chi connectivity index (χ4v) is 1.39. The van der Waals surface area contributed by atoms with Gasteiger partial charge in [-0.2, -0.15) is 0 Å². The summed E-state index contributed by atoms with van der Waals surface area (Å²) in [7, 11) is 0. The van der Waals surface area contributed by atoms with E-state index >= 15 is 0 Å². The van der Waals surface area contributed by atoms with Gasteiger partial charge in [-0.15, -0.1) is 0 Å². The minimum atomic E-state index is -0.691. The minimum Gasteiger partial charge on any atom is -0.368 e. The number of nitrogens with two attached hydrogens (primary N) is 1. The lowest BCUT2D eigenvalue weighted by molar-refractivity contribution is -0.122. The molecule has 1 aromatic heterocycles. The van der Waals surface area contributed by atoms with Gasteiger partial charge >= 0.3 is 0 Å².